The molecule has 0 saturated carbocycles. The van der Waals surface area contributed by atoms with Crippen molar-refractivity contribution in [3.05, 3.63) is 42.2 Å². The highest BCUT2D eigenvalue weighted by Crippen LogP contribution is 2.15. The van der Waals surface area contributed by atoms with Gasteiger partial charge in [0.05, 0.1) is 11.4 Å². The Hall–Kier alpha value is -1.81. The number of ether oxygens (including phenoxy) is 1. The minimum absolute atomic E-state index is 0.730. The van der Waals surface area contributed by atoms with E-state index >= 15 is 0 Å². The van der Waals surface area contributed by atoms with Gasteiger partial charge in [-0.2, -0.15) is 5.10 Å². The molecule has 0 aliphatic carbocycles. The summed E-state index contributed by atoms with van der Waals surface area (Å²) in [5.74, 6) is 0.912. The van der Waals surface area contributed by atoms with Crippen molar-refractivity contribution in [2.24, 2.45) is 0 Å². The van der Waals surface area contributed by atoms with Crippen LogP contribution in [0.15, 0.2) is 36.5 Å². The van der Waals surface area contributed by atoms with Gasteiger partial charge in [0.1, 0.15) is 12.4 Å². The molecule has 1 aromatic heterocycles. The fraction of sp³-hybridized carbons (Fsp3) is 0.471. The molecular weight excluding hydrogens is 262 g/mol. The van der Waals surface area contributed by atoms with Crippen LogP contribution in [0, 0.1) is 6.92 Å². The van der Waals surface area contributed by atoms with Gasteiger partial charge >= 0.3 is 0 Å². The van der Waals surface area contributed by atoms with Crippen LogP contribution in [-0.2, 0) is 0 Å². The van der Waals surface area contributed by atoms with Crippen LogP contribution in [0.3, 0.4) is 0 Å². The fourth-order valence-electron chi connectivity index (χ4n) is 2.29. The second kappa shape index (κ2) is 7.84. The first-order chi connectivity index (χ1) is 10.2. The van der Waals surface area contributed by atoms with E-state index < -0.39 is 0 Å². The Morgan fingerprint density at radius 2 is 1.86 bits per heavy atom. The minimum atomic E-state index is 0.730. The molecule has 0 aliphatic rings. The Labute approximate surface area is 127 Å². The molecular formula is C17H25N3O. The van der Waals surface area contributed by atoms with E-state index in [0.29, 0.717) is 0 Å². The van der Waals surface area contributed by atoms with E-state index in [2.05, 4.69) is 23.8 Å². The first-order valence-electron chi connectivity index (χ1n) is 7.70. The van der Waals surface area contributed by atoms with Crippen LogP contribution in [0.4, 0.5) is 0 Å². The van der Waals surface area contributed by atoms with Crippen molar-refractivity contribution in [3.8, 4) is 11.4 Å². The summed E-state index contributed by atoms with van der Waals surface area (Å²) in [5.41, 5.74) is 2.07. The molecule has 0 unspecified atom stereocenters. The lowest BCUT2D eigenvalue weighted by Crippen LogP contribution is -2.28. The molecule has 0 saturated heterocycles. The van der Waals surface area contributed by atoms with Crippen molar-refractivity contribution in [2.75, 3.05) is 26.2 Å². The largest absolute Gasteiger partial charge is 0.492 e. The van der Waals surface area contributed by atoms with Gasteiger partial charge in [-0.15, -0.1) is 0 Å². The molecule has 0 radical (unpaired) electrons. The highest BCUT2D eigenvalue weighted by molar-refractivity contribution is 5.36. The van der Waals surface area contributed by atoms with Gasteiger partial charge in [-0.1, -0.05) is 13.8 Å². The van der Waals surface area contributed by atoms with Gasteiger partial charge in [-0.25, -0.2) is 4.68 Å². The van der Waals surface area contributed by atoms with Crippen LogP contribution >= 0.6 is 0 Å². The molecule has 0 bridgehead atoms. The number of benzene rings is 1. The number of aromatic nitrogens is 2. The third-order valence-electron chi connectivity index (χ3n) is 3.49. The third-order valence-corrected chi connectivity index (χ3v) is 3.49. The van der Waals surface area contributed by atoms with Crippen LogP contribution in [0.5, 0.6) is 5.75 Å². The van der Waals surface area contributed by atoms with Gasteiger partial charge in [0.2, 0.25) is 0 Å². The predicted molar refractivity (Wildman–Crippen MR) is 86.2 cm³/mol. The van der Waals surface area contributed by atoms with E-state index in [0.717, 1.165) is 43.4 Å². The molecule has 1 aromatic carbocycles. The maximum atomic E-state index is 5.81. The molecule has 0 spiro atoms. The molecule has 1 heterocycles. The molecule has 2 rings (SSSR count). The summed E-state index contributed by atoms with van der Waals surface area (Å²) >= 11 is 0. The molecule has 0 N–H and O–H groups in total. The average molecular weight is 287 g/mol. The summed E-state index contributed by atoms with van der Waals surface area (Å²) in [5, 5.41) is 4.40. The van der Waals surface area contributed by atoms with Crippen molar-refractivity contribution in [3.63, 3.8) is 0 Å². The molecule has 0 fully saturated rings. The maximum absolute atomic E-state index is 5.81. The Bertz CT molecular complexity index is 533. The van der Waals surface area contributed by atoms with Gasteiger partial charge in [-0.3, -0.25) is 0 Å². The standard InChI is InChI=1S/C17H25N3O/c1-4-11-19(5-2)13-14-21-17-8-6-16(7-9-17)20-12-10-15(3)18-20/h6-10,12H,4-5,11,13-14H2,1-3H3. The topological polar surface area (TPSA) is 30.3 Å². The van der Waals surface area contributed by atoms with E-state index in [9.17, 15) is 0 Å². The SMILES string of the molecule is CCCN(CC)CCOc1ccc(-n2ccc(C)n2)cc1. The van der Waals surface area contributed by atoms with Crippen LogP contribution in [0.1, 0.15) is 26.0 Å². The van der Waals surface area contributed by atoms with Crippen LogP contribution in [0.2, 0.25) is 0 Å². The Balaban J connectivity index is 1.85. The lowest BCUT2D eigenvalue weighted by molar-refractivity contribution is 0.216. The molecule has 0 atom stereocenters. The summed E-state index contributed by atoms with van der Waals surface area (Å²) in [6, 6.07) is 10.1. The Morgan fingerprint density at radius 3 is 2.43 bits per heavy atom. The van der Waals surface area contributed by atoms with E-state index in [-0.39, 0.29) is 0 Å². The maximum Gasteiger partial charge on any atom is 0.119 e. The number of nitrogens with zero attached hydrogens (tertiary/aromatic N) is 3. The number of aryl methyl sites for hydroxylation is 1. The van der Waals surface area contributed by atoms with E-state index in [1.165, 1.54) is 6.42 Å². The predicted octanol–water partition coefficient (Wildman–Crippen LogP) is 3.29. The molecule has 0 aliphatic heterocycles. The lowest BCUT2D eigenvalue weighted by atomic mass is 10.3. The normalized spacial score (nSPS) is 11.0. The first kappa shape index (κ1) is 15.6. The summed E-state index contributed by atoms with van der Waals surface area (Å²) in [4.78, 5) is 2.40. The summed E-state index contributed by atoms with van der Waals surface area (Å²) < 4.78 is 7.68. The zero-order valence-electron chi connectivity index (χ0n) is 13.2. The van der Waals surface area contributed by atoms with Crippen LogP contribution in [-0.4, -0.2) is 40.9 Å². The lowest BCUT2D eigenvalue weighted by Gasteiger charge is -2.19. The molecule has 4 nitrogen and oxygen atoms in total. The zero-order valence-corrected chi connectivity index (χ0v) is 13.2. The van der Waals surface area contributed by atoms with Crippen molar-refractivity contribution < 1.29 is 4.74 Å². The van der Waals surface area contributed by atoms with Gasteiger partial charge in [0.15, 0.2) is 0 Å². The van der Waals surface area contributed by atoms with E-state index in [4.69, 9.17) is 4.74 Å². The number of likely N-dealkylation sites (N-methyl/N-ethyl adjacent to an activating group) is 1. The summed E-state index contributed by atoms with van der Waals surface area (Å²) in [7, 11) is 0. The summed E-state index contributed by atoms with van der Waals surface area (Å²) in [6.45, 7) is 10.3. The van der Waals surface area contributed by atoms with Crippen LogP contribution < -0.4 is 4.74 Å². The fourth-order valence-corrected chi connectivity index (χ4v) is 2.29. The Morgan fingerprint density at radius 1 is 1.10 bits per heavy atom. The number of rotatable bonds is 8. The second-order valence-corrected chi connectivity index (χ2v) is 5.18. The summed E-state index contributed by atoms with van der Waals surface area (Å²) in [6.07, 6.45) is 3.15. The first-order valence-corrected chi connectivity index (χ1v) is 7.70. The molecule has 2 aromatic rings. The molecule has 4 heteroatoms. The third kappa shape index (κ3) is 4.60. The van der Waals surface area contributed by atoms with Crippen molar-refractivity contribution >= 4 is 0 Å². The van der Waals surface area contributed by atoms with Crippen molar-refractivity contribution in [1.29, 1.82) is 0 Å². The van der Waals surface area contributed by atoms with Gasteiger partial charge in [0, 0.05) is 12.7 Å². The van der Waals surface area contributed by atoms with Crippen LogP contribution in [0.25, 0.3) is 5.69 Å². The minimum Gasteiger partial charge on any atom is -0.492 e. The second-order valence-electron chi connectivity index (χ2n) is 5.18. The van der Waals surface area contributed by atoms with E-state index in [1.54, 1.807) is 0 Å². The monoisotopic (exact) mass is 287 g/mol. The quantitative estimate of drug-likeness (QED) is 0.746. The average Bonchev–Trinajstić information content (AvgIpc) is 2.93. The molecule has 21 heavy (non-hydrogen) atoms. The Kier molecular flexibility index (Phi) is 5.81. The zero-order chi connectivity index (χ0) is 15.1. The van der Waals surface area contributed by atoms with Gasteiger partial charge < -0.3 is 9.64 Å². The molecule has 0 amide bonds. The van der Waals surface area contributed by atoms with E-state index in [1.807, 2.05) is 48.1 Å². The molecule has 114 valence electrons. The number of hydrogen-bond donors (Lipinski definition) is 0. The van der Waals surface area contributed by atoms with Gasteiger partial charge in [-0.05, 0) is 56.8 Å². The van der Waals surface area contributed by atoms with Gasteiger partial charge in [0.25, 0.3) is 0 Å². The van der Waals surface area contributed by atoms with Crippen molar-refractivity contribution in [1.82, 2.24) is 14.7 Å². The number of hydrogen-bond acceptors (Lipinski definition) is 3. The highest BCUT2D eigenvalue weighted by atomic mass is 16.5. The smallest absolute Gasteiger partial charge is 0.119 e. The highest BCUT2D eigenvalue weighted by Gasteiger charge is 2.02. The van der Waals surface area contributed by atoms with Crippen molar-refractivity contribution in [2.45, 2.75) is 27.2 Å².